The molecule has 1 aliphatic rings. The van der Waals surface area contributed by atoms with E-state index in [1.807, 2.05) is 0 Å². The number of hydrogen-bond acceptors (Lipinski definition) is 4. The van der Waals surface area contributed by atoms with Gasteiger partial charge in [0, 0.05) is 26.2 Å². The van der Waals surface area contributed by atoms with Gasteiger partial charge in [0.2, 0.25) is 11.8 Å². The molecule has 2 aromatic rings. The Balaban J connectivity index is 1.89. The highest BCUT2D eigenvalue weighted by atomic mass is 19.4. The average molecular weight is 452 g/mol. The highest BCUT2D eigenvalue weighted by Gasteiger charge is 2.41. The van der Waals surface area contributed by atoms with Crippen molar-refractivity contribution in [2.24, 2.45) is 0 Å². The van der Waals surface area contributed by atoms with E-state index < -0.39 is 47.9 Å². The van der Waals surface area contributed by atoms with Crippen molar-refractivity contribution in [1.29, 1.82) is 0 Å². The molecular weight excluding hydrogens is 432 g/mol. The van der Waals surface area contributed by atoms with E-state index in [-0.39, 0.29) is 18.9 Å². The molecule has 0 radical (unpaired) electrons. The van der Waals surface area contributed by atoms with E-state index in [9.17, 15) is 31.9 Å². The molecule has 11 heteroatoms. The van der Waals surface area contributed by atoms with Crippen LogP contribution in [0.1, 0.15) is 23.6 Å². The Labute approximate surface area is 181 Å². The van der Waals surface area contributed by atoms with Crippen molar-refractivity contribution in [3.8, 4) is 0 Å². The van der Waals surface area contributed by atoms with E-state index in [0.29, 0.717) is 11.1 Å². The number of nitrogens with zero attached hydrogens (tertiary/aromatic N) is 3. The number of rotatable bonds is 5. The maximum Gasteiger partial charge on any atom is 0.416 e. The quantitative estimate of drug-likeness (QED) is 0.707. The number of nitrogens with one attached hydrogen (secondary N) is 1. The summed E-state index contributed by atoms with van der Waals surface area (Å²) in [6, 6.07) is 4.17. The largest absolute Gasteiger partial charge is 0.416 e. The van der Waals surface area contributed by atoms with Crippen LogP contribution >= 0.6 is 0 Å². The second-order valence-corrected chi connectivity index (χ2v) is 7.41. The molecule has 0 aliphatic carbocycles. The molecule has 3 rings (SSSR count). The second-order valence-electron chi connectivity index (χ2n) is 7.41. The number of carbonyl (C=O) groups is 3. The predicted octanol–water partition coefficient (Wildman–Crippen LogP) is 2.43. The van der Waals surface area contributed by atoms with Crippen LogP contribution in [0.4, 0.5) is 23.4 Å². The lowest BCUT2D eigenvalue weighted by molar-refractivity contribution is -0.144. The second kappa shape index (κ2) is 8.93. The maximum atomic E-state index is 14.4. The van der Waals surface area contributed by atoms with Crippen LogP contribution in [0.15, 0.2) is 36.5 Å². The Morgan fingerprint density at radius 1 is 1.22 bits per heavy atom. The topological polar surface area (TPSA) is 82.6 Å². The van der Waals surface area contributed by atoms with Crippen LogP contribution in [-0.4, -0.2) is 46.7 Å². The lowest BCUT2D eigenvalue weighted by atomic mass is 10.1. The van der Waals surface area contributed by atoms with Gasteiger partial charge in [-0.2, -0.15) is 13.2 Å². The van der Waals surface area contributed by atoms with Crippen LogP contribution in [0.2, 0.25) is 0 Å². The molecule has 1 aromatic heterocycles. The molecule has 0 unspecified atom stereocenters. The molecule has 7 nitrogen and oxygen atoms in total. The Bertz CT molecular complexity index is 1040. The molecule has 0 bridgehead atoms. The van der Waals surface area contributed by atoms with Crippen molar-refractivity contribution in [3.63, 3.8) is 0 Å². The van der Waals surface area contributed by atoms with Gasteiger partial charge >= 0.3 is 6.18 Å². The van der Waals surface area contributed by atoms with Crippen LogP contribution in [0.3, 0.4) is 0 Å². The van der Waals surface area contributed by atoms with Gasteiger partial charge in [0.25, 0.3) is 5.91 Å². The van der Waals surface area contributed by atoms with Crippen molar-refractivity contribution in [2.45, 2.75) is 32.6 Å². The molecule has 1 aromatic carbocycles. The molecule has 0 saturated carbocycles. The highest BCUT2D eigenvalue weighted by molar-refractivity contribution is 6.06. The zero-order valence-electron chi connectivity index (χ0n) is 17.2. The molecule has 1 N–H and O–H groups in total. The standard InChI is InChI=1S/C21H20F4N4O3/c1-12-7-16(22)19(27-8-12)29-11-18(31)28(17(20(29)32)9-26-13(2)30)10-14-3-5-15(6-4-14)21(23,24)25/h3-8,17H,9-11H2,1-2H3,(H,26,30)/t17-/m0/s1. The van der Waals surface area contributed by atoms with Crippen molar-refractivity contribution >= 4 is 23.5 Å². The first-order valence-corrected chi connectivity index (χ1v) is 9.61. The fourth-order valence-corrected chi connectivity index (χ4v) is 3.33. The number of amides is 3. The lowest BCUT2D eigenvalue weighted by Gasteiger charge is -2.40. The highest BCUT2D eigenvalue weighted by Crippen LogP contribution is 2.30. The fourth-order valence-electron chi connectivity index (χ4n) is 3.33. The molecule has 1 atom stereocenters. The normalized spacial score (nSPS) is 17.0. The minimum absolute atomic E-state index is 0.162. The Morgan fingerprint density at radius 2 is 1.88 bits per heavy atom. The van der Waals surface area contributed by atoms with Gasteiger partial charge in [0.05, 0.1) is 5.56 Å². The van der Waals surface area contributed by atoms with Gasteiger partial charge in [-0.05, 0) is 36.2 Å². The van der Waals surface area contributed by atoms with Gasteiger partial charge in [-0.1, -0.05) is 12.1 Å². The summed E-state index contributed by atoms with van der Waals surface area (Å²) in [5, 5.41) is 2.46. The van der Waals surface area contributed by atoms with Crippen LogP contribution in [-0.2, 0) is 27.1 Å². The summed E-state index contributed by atoms with van der Waals surface area (Å²) in [6.07, 6.45) is -3.15. The van der Waals surface area contributed by atoms with E-state index in [2.05, 4.69) is 10.3 Å². The summed E-state index contributed by atoms with van der Waals surface area (Å²) in [5.41, 5.74) is 0.0463. The molecule has 1 aliphatic heterocycles. The third-order valence-corrected chi connectivity index (χ3v) is 4.93. The van der Waals surface area contributed by atoms with Crippen molar-refractivity contribution in [2.75, 3.05) is 18.0 Å². The average Bonchev–Trinajstić information content (AvgIpc) is 2.70. The minimum atomic E-state index is -4.50. The summed E-state index contributed by atoms with van der Waals surface area (Å²) in [6.45, 7) is 1.95. The molecular formula is C21H20F4N4O3. The predicted molar refractivity (Wildman–Crippen MR) is 106 cm³/mol. The van der Waals surface area contributed by atoms with Gasteiger partial charge in [-0.25, -0.2) is 9.37 Å². The molecule has 32 heavy (non-hydrogen) atoms. The number of alkyl halides is 3. The van der Waals surface area contributed by atoms with E-state index >= 15 is 0 Å². The molecule has 170 valence electrons. The van der Waals surface area contributed by atoms with E-state index in [1.165, 1.54) is 31.3 Å². The Kier molecular flexibility index (Phi) is 6.47. The van der Waals surface area contributed by atoms with Gasteiger partial charge in [-0.15, -0.1) is 0 Å². The third kappa shape index (κ3) is 5.04. The summed E-state index contributed by atoms with van der Waals surface area (Å²) in [7, 11) is 0. The number of aryl methyl sites for hydroxylation is 1. The smallest absolute Gasteiger partial charge is 0.354 e. The number of hydrogen-bond donors (Lipinski definition) is 1. The first-order chi connectivity index (χ1) is 15.0. The first-order valence-electron chi connectivity index (χ1n) is 9.61. The van der Waals surface area contributed by atoms with E-state index in [1.54, 1.807) is 6.92 Å². The number of aromatic nitrogens is 1. The van der Waals surface area contributed by atoms with E-state index in [4.69, 9.17) is 0 Å². The minimum Gasteiger partial charge on any atom is -0.354 e. The van der Waals surface area contributed by atoms with Gasteiger partial charge < -0.3 is 10.2 Å². The third-order valence-electron chi connectivity index (χ3n) is 4.93. The Morgan fingerprint density at radius 3 is 2.44 bits per heavy atom. The van der Waals surface area contributed by atoms with Gasteiger partial charge in [0.15, 0.2) is 11.6 Å². The van der Waals surface area contributed by atoms with Crippen LogP contribution in [0.5, 0.6) is 0 Å². The number of carbonyl (C=O) groups excluding carboxylic acids is 3. The zero-order valence-corrected chi connectivity index (χ0v) is 17.2. The number of halogens is 4. The maximum absolute atomic E-state index is 14.4. The van der Waals surface area contributed by atoms with Gasteiger partial charge in [0.1, 0.15) is 12.6 Å². The van der Waals surface area contributed by atoms with Crippen molar-refractivity contribution in [3.05, 3.63) is 59.0 Å². The Hall–Kier alpha value is -3.50. The molecule has 2 heterocycles. The van der Waals surface area contributed by atoms with Crippen molar-refractivity contribution in [1.82, 2.24) is 15.2 Å². The van der Waals surface area contributed by atoms with Crippen LogP contribution < -0.4 is 10.2 Å². The molecule has 3 amide bonds. The van der Waals surface area contributed by atoms with Crippen molar-refractivity contribution < 1.29 is 31.9 Å². The number of anilines is 1. The molecule has 1 saturated heterocycles. The van der Waals surface area contributed by atoms with E-state index in [0.717, 1.165) is 21.9 Å². The summed E-state index contributed by atoms with van der Waals surface area (Å²) >= 11 is 0. The molecule has 0 spiro atoms. The van der Waals surface area contributed by atoms with Crippen LogP contribution in [0.25, 0.3) is 0 Å². The summed E-state index contributed by atoms with van der Waals surface area (Å²) in [4.78, 5) is 43.4. The number of piperazine rings is 1. The van der Waals surface area contributed by atoms with Gasteiger partial charge in [-0.3, -0.25) is 19.3 Å². The number of pyridine rings is 1. The monoisotopic (exact) mass is 452 g/mol. The lowest BCUT2D eigenvalue weighted by Crippen LogP contribution is -2.63. The summed E-state index contributed by atoms with van der Waals surface area (Å²) in [5.74, 6) is -2.77. The molecule has 1 fully saturated rings. The van der Waals surface area contributed by atoms with Crippen LogP contribution in [0, 0.1) is 12.7 Å². The zero-order chi connectivity index (χ0) is 23.6. The fraction of sp³-hybridized carbons (Fsp3) is 0.333. The first kappa shape index (κ1) is 23.2. The SMILES string of the molecule is CC(=O)NC[C@H]1C(=O)N(c2ncc(C)cc2F)CC(=O)N1Cc1ccc(C(F)(F)F)cc1. The summed E-state index contributed by atoms with van der Waals surface area (Å²) < 4.78 is 52.8. The number of benzene rings is 1.